The van der Waals surface area contributed by atoms with Crippen LogP contribution in [0.15, 0.2) is 48.5 Å². The van der Waals surface area contributed by atoms with Crippen LogP contribution in [0.25, 0.3) is 10.8 Å². The maximum Gasteiger partial charge on any atom is 2.00 e. The summed E-state index contributed by atoms with van der Waals surface area (Å²) in [6, 6.07) is 16.7. The smallest absolute Gasteiger partial charge is 0.822 e. The second-order valence-electron chi connectivity index (χ2n) is 3.24. The molecule has 0 spiro atoms. The van der Waals surface area contributed by atoms with Gasteiger partial charge in [-0.05, 0) is 10.8 Å². The van der Waals surface area contributed by atoms with E-state index in [4.69, 9.17) is 38.5 Å². The molecule has 2 aromatic rings. The van der Waals surface area contributed by atoms with Gasteiger partial charge in [0.1, 0.15) is 0 Å². The van der Waals surface area contributed by atoms with Gasteiger partial charge in [0.05, 0.1) is 0 Å². The Labute approximate surface area is 222 Å². The van der Waals surface area contributed by atoms with Gasteiger partial charge in [-0.1, -0.05) is 48.5 Å². The SMILES string of the molecule is O=P([O-])([O-])[O-].O=P([O-])([O-])[O-].[Ca+2].[Ca+2].[Ca+2].c1ccc2ccccc2c1. The van der Waals surface area contributed by atoms with Gasteiger partial charge in [-0.2, -0.15) is 15.6 Å². The first kappa shape index (κ1) is 33.3. The second kappa shape index (κ2) is 16.8. The molecule has 0 aliphatic heterocycles. The van der Waals surface area contributed by atoms with Crippen molar-refractivity contribution in [3.05, 3.63) is 48.5 Å². The zero-order chi connectivity index (χ0) is 15.8. The molecule has 8 nitrogen and oxygen atoms in total. The minimum absolute atomic E-state index is 0. The van der Waals surface area contributed by atoms with Crippen molar-refractivity contribution in [1.29, 1.82) is 0 Å². The zero-order valence-electron chi connectivity index (χ0n) is 11.9. The Balaban J connectivity index is -0.000000123. The zero-order valence-corrected chi connectivity index (χ0v) is 20.3. The summed E-state index contributed by atoms with van der Waals surface area (Å²) in [5.41, 5.74) is 0. The third-order valence-electron chi connectivity index (χ3n) is 1.66. The summed E-state index contributed by atoms with van der Waals surface area (Å²) < 4.78 is 17.1. The van der Waals surface area contributed by atoms with Gasteiger partial charge in [0.2, 0.25) is 0 Å². The van der Waals surface area contributed by atoms with E-state index >= 15 is 0 Å². The first-order valence-electron chi connectivity index (χ1n) is 4.87. The van der Waals surface area contributed by atoms with Crippen LogP contribution in [0.1, 0.15) is 0 Å². The van der Waals surface area contributed by atoms with Gasteiger partial charge in [-0.15, -0.1) is 0 Å². The topological polar surface area (TPSA) is 172 Å². The van der Waals surface area contributed by atoms with Gasteiger partial charge in [0.25, 0.3) is 0 Å². The van der Waals surface area contributed by atoms with E-state index in [1.807, 2.05) is 0 Å². The van der Waals surface area contributed by atoms with Crippen LogP contribution in [0.5, 0.6) is 0 Å². The first-order chi connectivity index (χ1) is 8.97. The Bertz CT molecular complexity index is 528. The van der Waals surface area contributed by atoms with Crippen LogP contribution in [-0.4, -0.2) is 113 Å². The fourth-order valence-corrected chi connectivity index (χ4v) is 1.13. The van der Waals surface area contributed by atoms with Gasteiger partial charge in [-0.25, -0.2) is 0 Å². The summed E-state index contributed by atoms with van der Waals surface area (Å²) in [5, 5.41) is 2.62. The fourth-order valence-electron chi connectivity index (χ4n) is 1.13. The van der Waals surface area contributed by atoms with Crippen molar-refractivity contribution in [3.63, 3.8) is 0 Å². The number of phosphoric acid groups is 2. The standard InChI is InChI=1S/C10H8.3Ca.2H3O4P/c1-2-6-10-8-4-3-7-9(10)5-1;;;;2*1-5(2,3)4/h1-8H;;;;2*(H3,1,2,3,4)/q;3*+2;;/p-6. The molecule has 0 aliphatic carbocycles. The maximum absolute atomic E-state index is 8.55. The fraction of sp³-hybridized carbons (Fsp3) is 0. The van der Waals surface area contributed by atoms with E-state index in [1.165, 1.54) is 10.8 Å². The maximum atomic E-state index is 8.55. The molecule has 0 aliphatic rings. The second-order valence-corrected chi connectivity index (χ2v) is 5.03. The molecule has 0 fully saturated rings. The predicted octanol–water partition coefficient (Wildman–Crippen LogP) is -3.95. The van der Waals surface area contributed by atoms with Gasteiger partial charge >= 0.3 is 113 Å². The van der Waals surface area contributed by atoms with E-state index in [2.05, 4.69) is 48.5 Å². The van der Waals surface area contributed by atoms with E-state index in [0.29, 0.717) is 0 Å². The molecule has 2 aromatic carbocycles. The van der Waals surface area contributed by atoms with Gasteiger partial charge < -0.3 is 38.5 Å². The Kier molecular flexibility index (Phi) is 24.4. The van der Waals surface area contributed by atoms with E-state index in [-0.39, 0.29) is 113 Å². The predicted molar refractivity (Wildman–Crippen MR) is 76.4 cm³/mol. The summed E-state index contributed by atoms with van der Waals surface area (Å²) in [4.78, 5) is 51.3. The monoisotopic (exact) mass is 438 g/mol. The van der Waals surface area contributed by atoms with Crippen molar-refractivity contribution in [2.75, 3.05) is 0 Å². The molecule has 0 N–H and O–H groups in total. The molecule has 0 atom stereocenters. The third-order valence-corrected chi connectivity index (χ3v) is 1.66. The average Bonchev–Trinajstić information content (AvgIpc) is 2.25. The molecular weight excluding hydrogens is 430 g/mol. The molecule has 0 heterocycles. The Morgan fingerprint density at radius 3 is 0.783 bits per heavy atom. The van der Waals surface area contributed by atoms with Crippen molar-refractivity contribution in [2.45, 2.75) is 0 Å². The summed E-state index contributed by atoms with van der Waals surface area (Å²) in [6.07, 6.45) is 0. The number of benzene rings is 2. The van der Waals surface area contributed by atoms with E-state index in [9.17, 15) is 0 Å². The average molecular weight is 438 g/mol. The van der Waals surface area contributed by atoms with Gasteiger partial charge in [0.15, 0.2) is 0 Å². The van der Waals surface area contributed by atoms with Crippen molar-refractivity contribution in [3.8, 4) is 0 Å². The van der Waals surface area contributed by atoms with Crippen LogP contribution in [-0.2, 0) is 9.13 Å². The number of hydrogen-bond donors (Lipinski definition) is 0. The molecule has 0 unspecified atom stereocenters. The van der Waals surface area contributed by atoms with Crippen LogP contribution in [0.4, 0.5) is 0 Å². The molecule has 23 heavy (non-hydrogen) atoms. The molecule has 0 saturated carbocycles. The Hall–Kier alpha value is 2.70. The number of fused-ring (bicyclic) bond motifs is 1. The van der Waals surface area contributed by atoms with E-state index in [0.717, 1.165) is 0 Å². The number of rotatable bonds is 0. The van der Waals surface area contributed by atoms with Gasteiger partial charge in [-0.3, -0.25) is 0 Å². The van der Waals surface area contributed by atoms with Crippen molar-refractivity contribution < 1.29 is 38.5 Å². The molecule has 13 heteroatoms. The summed E-state index contributed by atoms with van der Waals surface area (Å²) >= 11 is 0. The summed E-state index contributed by atoms with van der Waals surface area (Å²) in [6.45, 7) is 0. The first-order valence-corrected chi connectivity index (χ1v) is 7.79. The molecule has 112 valence electrons. The quantitative estimate of drug-likeness (QED) is 0.296. The molecule has 0 bridgehead atoms. The summed E-state index contributed by atoms with van der Waals surface area (Å²) in [7, 11) is -10.8. The molecule has 2 rings (SSSR count). The molecule has 0 aromatic heterocycles. The van der Waals surface area contributed by atoms with Crippen molar-refractivity contribution >= 4 is 140 Å². The largest absolute Gasteiger partial charge is 2.00 e. The molecule has 0 saturated heterocycles. The molecular formula is C10H8Ca3O8P2. The third kappa shape index (κ3) is 29.7. The Morgan fingerprint density at radius 2 is 0.652 bits per heavy atom. The molecule has 0 amide bonds. The minimum Gasteiger partial charge on any atom is -0.822 e. The van der Waals surface area contributed by atoms with Gasteiger partial charge in [0, 0.05) is 0 Å². The summed E-state index contributed by atoms with van der Waals surface area (Å²) in [5.74, 6) is 0. The van der Waals surface area contributed by atoms with Crippen molar-refractivity contribution in [2.24, 2.45) is 0 Å². The van der Waals surface area contributed by atoms with Crippen LogP contribution >= 0.6 is 15.6 Å². The normalized spacial score (nSPS) is 9.48. The van der Waals surface area contributed by atoms with Crippen LogP contribution in [0, 0.1) is 0 Å². The molecule has 0 radical (unpaired) electrons. The number of hydrogen-bond acceptors (Lipinski definition) is 8. The van der Waals surface area contributed by atoms with E-state index in [1.54, 1.807) is 0 Å². The minimum atomic E-state index is -5.39. The van der Waals surface area contributed by atoms with Crippen molar-refractivity contribution in [1.82, 2.24) is 0 Å². The Morgan fingerprint density at radius 1 is 0.522 bits per heavy atom. The van der Waals surface area contributed by atoms with E-state index < -0.39 is 15.6 Å². The van der Waals surface area contributed by atoms with Crippen LogP contribution in [0.2, 0.25) is 0 Å². The van der Waals surface area contributed by atoms with Crippen LogP contribution < -0.4 is 29.4 Å². The van der Waals surface area contributed by atoms with Crippen LogP contribution in [0.3, 0.4) is 0 Å².